The first-order valence-corrected chi connectivity index (χ1v) is 6.42. The van der Waals surface area contributed by atoms with Gasteiger partial charge in [-0.2, -0.15) is 0 Å². The van der Waals surface area contributed by atoms with Crippen LogP contribution in [-0.4, -0.2) is 47.6 Å². The fourth-order valence-electron chi connectivity index (χ4n) is 2.33. The molecule has 1 amide bonds. The van der Waals surface area contributed by atoms with Crippen molar-refractivity contribution in [2.45, 2.75) is 18.9 Å². The van der Waals surface area contributed by atoms with Crippen LogP contribution in [-0.2, 0) is 16.0 Å². The number of nitrogens with one attached hydrogen (secondary N) is 1. The van der Waals surface area contributed by atoms with Crippen molar-refractivity contribution in [3.05, 3.63) is 35.9 Å². The number of carboxylic acid groups (broad SMARTS) is 1. The Morgan fingerprint density at radius 3 is 2.74 bits per heavy atom. The SMILES string of the molecule is O=C(O)CC(=O)N1CCNC(Cc2ccccc2)C1. The van der Waals surface area contributed by atoms with E-state index in [2.05, 4.69) is 17.4 Å². The van der Waals surface area contributed by atoms with Crippen molar-refractivity contribution in [1.29, 1.82) is 0 Å². The van der Waals surface area contributed by atoms with Gasteiger partial charge < -0.3 is 15.3 Å². The molecule has 0 radical (unpaired) electrons. The van der Waals surface area contributed by atoms with Gasteiger partial charge in [0, 0.05) is 25.7 Å². The number of amides is 1. The molecule has 1 heterocycles. The fourth-order valence-corrected chi connectivity index (χ4v) is 2.33. The Balaban J connectivity index is 1.90. The maximum Gasteiger partial charge on any atom is 0.312 e. The summed E-state index contributed by atoms with van der Waals surface area (Å²) in [5, 5.41) is 12.0. The second-order valence-electron chi connectivity index (χ2n) is 4.75. The van der Waals surface area contributed by atoms with Crippen LogP contribution in [0.5, 0.6) is 0 Å². The van der Waals surface area contributed by atoms with Crippen LogP contribution in [0, 0.1) is 0 Å². The highest BCUT2D eigenvalue weighted by atomic mass is 16.4. The average Bonchev–Trinajstić information content (AvgIpc) is 2.39. The Morgan fingerprint density at radius 1 is 1.32 bits per heavy atom. The van der Waals surface area contributed by atoms with E-state index < -0.39 is 12.4 Å². The van der Waals surface area contributed by atoms with E-state index in [1.165, 1.54) is 5.56 Å². The largest absolute Gasteiger partial charge is 0.481 e. The zero-order chi connectivity index (χ0) is 13.7. The van der Waals surface area contributed by atoms with Crippen LogP contribution in [0.25, 0.3) is 0 Å². The fraction of sp³-hybridized carbons (Fsp3) is 0.429. The van der Waals surface area contributed by atoms with Crippen LogP contribution < -0.4 is 5.32 Å². The molecule has 1 atom stereocenters. The molecule has 0 spiro atoms. The third-order valence-corrected chi connectivity index (χ3v) is 3.24. The third kappa shape index (κ3) is 4.06. The quantitative estimate of drug-likeness (QED) is 0.775. The van der Waals surface area contributed by atoms with Crippen molar-refractivity contribution in [2.75, 3.05) is 19.6 Å². The van der Waals surface area contributed by atoms with Gasteiger partial charge in [0.05, 0.1) is 0 Å². The van der Waals surface area contributed by atoms with Gasteiger partial charge in [0.1, 0.15) is 6.42 Å². The Kier molecular flexibility index (Phi) is 4.52. The molecule has 2 rings (SSSR count). The van der Waals surface area contributed by atoms with Gasteiger partial charge in [-0.25, -0.2) is 0 Å². The van der Waals surface area contributed by atoms with E-state index >= 15 is 0 Å². The predicted octanol–water partition coefficient (Wildman–Crippen LogP) is 0.504. The molecule has 1 aromatic rings. The summed E-state index contributed by atoms with van der Waals surface area (Å²) in [6.45, 7) is 1.86. The normalized spacial score (nSPS) is 19.2. The molecule has 0 aromatic heterocycles. The maximum atomic E-state index is 11.7. The van der Waals surface area contributed by atoms with Crippen molar-refractivity contribution < 1.29 is 14.7 Å². The van der Waals surface area contributed by atoms with Crippen molar-refractivity contribution in [3.8, 4) is 0 Å². The lowest BCUT2D eigenvalue weighted by Gasteiger charge is -2.33. The van der Waals surface area contributed by atoms with Crippen molar-refractivity contribution in [2.24, 2.45) is 0 Å². The number of nitrogens with zero attached hydrogens (tertiary/aromatic N) is 1. The number of carbonyl (C=O) groups is 2. The second-order valence-corrected chi connectivity index (χ2v) is 4.75. The van der Waals surface area contributed by atoms with Crippen LogP contribution in [0.15, 0.2) is 30.3 Å². The highest BCUT2D eigenvalue weighted by Crippen LogP contribution is 2.08. The average molecular weight is 262 g/mol. The van der Waals surface area contributed by atoms with Crippen molar-refractivity contribution in [3.63, 3.8) is 0 Å². The van der Waals surface area contributed by atoms with Gasteiger partial charge in [-0.1, -0.05) is 30.3 Å². The van der Waals surface area contributed by atoms with Crippen molar-refractivity contribution >= 4 is 11.9 Å². The number of hydrogen-bond donors (Lipinski definition) is 2. The highest BCUT2D eigenvalue weighted by Gasteiger charge is 2.24. The summed E-state index contributed by atoms with van der Waals surface area (Å²) in [5.41, 5.74) is 1.22. The lowest BCUT2D eigenvalue weighted by atomic mass is 10.0. The monoisotopic (exact) mass is 262 g/mol. The van der Waals surface area contributed by atoms with Gasteiger partial charge in [-0.3, -0.25) is 9.59 Å². The van der Waals surface area contributed by atoms with Gasteiger partial charge >= 0.3 is 5.97 Å². The first-order valence-electron chi connectivity index (χ1n) is 6.42. The lowest BCUT2D eigenvalue weighted by molar-refractivity contribution is -0.144. The molecule has 1 aliphatic heterocycles. The minimum atomic E-state index is -1.07. The molecule has 1 saturated heterocycles. The van der Waals surface area contributed by atoms with Crippen LogP contribution in [0.4, 0.5) is 0 Å². The van der Waals surface area contributed by atoms with Gasteiger partial charge in [0.15, 0.2) is 0 Å². The third-order valence-electron chi connectivity index (χ3n) is 3.24. The zero-order valence-electron chi connectivity index (χ0n) is 10.7. The summed E-state index contributed by atoms with van der Waals surface area (Å²) in [6, 6.07) is 10.3. The summed E-state index contributed by atoms with van der Waals surface area (Å²) in [7, 11) is 0. The number of aliphatic carboxylic acids is 1. The first-order chi connectivity index (χ1) is 9.15. The molecule has 1 unspecified atom stereocenters. The minimum Gasteiger partial charge on any atom is -0.481 e. The Bertz CT molecular complexity index is 447. The van der Waals surface area contributed by atoms with Crippen molar-refractivity contribution in [1.82, 2.24) is 10.2 Å². The molecule has 0 bridgehead atoms. The number of carboxylic acids is 1. The number of hydrogen-bond acceptors (Lipinski definition) is 3. The van der Waals surface area contributed by atoms with E-state index in [9.17, 15) is 9.59 Å². The van der Waals surface area contributed by atoms with Gasteiger partial charge in [-0.05, 0) is 12.0 Å². The molecular formula is C14H18N2O3. The van der Waals surface area contributed by atoms with E-state index in [4.69, 9.17) is 5.11 Å². The van der Waals surface area contributed by atoms with Gasteiger partial charge in [0.25, 0.3) is 0 Å². The summed E-state index contributed by atoms with van der Waals surface area (Å²) in [5.74, 6) is -1.37. The molecule has 5 heteroatoms. The Morgan fingerprint density at radius 2 is 2.05 bits per heavy atom. The molecule has 2 N–H and O–H groups in total. The van der Waals surface area contributed by atoms with E-state index in [1.54, 1.807) is 4.90 Å². The van der Waals surface area contributed by atoms with Crippen LogP contribution in [0.1, 0.15) is 12.0 Å². The van der Waals surface area contributed by atoms with Crippen LogP contribution in [0.3, 0.4) is 0 Å². The second kappa shape index (κ2) is 6.33. The lowest BCUT2D eigenvalue weighted by Crippen LogP contribution is -2.53. The molecule has 1 aliphatic rings. The zero-order valence-corrected chi connectivity index (χ0v) is 10.7. The summed E-state index contributed by atoms with van der Waals surface area (Å²) < 4.78 is 0. The van der Waals surface area contributed by atoms with E-state index in [1.807, 2.05) is 18.2 Å². The standard InChI is InChI=1S/C14H18N2O3/c17-13(9-14(18)19)16-7-6-15-12(10-16)8-11-4-2-1-3-5-11/h1-5,12,15H,6-10H2,(H,18,19). The molecule has 5 nitrogen and oxygen atoms in total. The smallest absolute Gasteiger partial charge is 0.312 e. The van der Waals surface area contributed by atoms with Crippen LogP contribution >= 0.6 is 0 Å². The summed E-state index contributed by atoms with van der Waals surface area (Å²) >= 11 is 0. The molecule has 1 fully saturated rings. The summed E-state index contributed by atoms with van der Waals surface area (Å²) in [4.78, 5) is 23.9. The predicted molar refractivity (Wildman–Crippen MR) is 70.8 cm³/mol. The molecule has 19 heavy (non-hydrogen) atoms. The number of benzene rings is 1. The maximum absolute atomic E-state index is 11.7. The molecule has 0 saturated carbocycles. The topological polar surface area (TPSA) is 69.6 Å². The number of piperazine rings is 1. The molecular weight excluding hydrogens is 244 g/mol. The molecule has 1 aromatic carbocycles. The minimum absolute atomic E-state index is 0.189. The van der Waals surface area contributed by atoms with E-state index in [0.717, 1.165) is 6.42 Å². The highest BCUT2D eigenvalue weighted by molar-refractivity contribution is 5.93. The van der Waals surface area contributed by atoms with E-state index in [0.29, 0.717) is 19.6 Å². The molecule has 0 aliphatic carbocycles. The van der Waals surface area contributed by atoms with E-state index in [-0.39, 0.29) is 11.9 Å². The van der Waals surface area contributed by atoms with Gasteiger partial charge in [-0.15, -0.1) is 0 Å². The Labute approximate surface area is 112 Å². The number of rotatable bonds is 4. The number of carbonyl (C=O) groups excluding carboxylic acids is 1. The molecule has 102 valence electrons. The first kappa shape index (κ1) is 13.5. The van der Waals surface area contributed by atoms with Gasteiger partial charge in [0.2, 0.25) is 5.91 Å². The van der Waals surface area contributed by atoms with Crippen LogP contribution in [0.2, 0.25) is 0 Å². The summed E-state index contributed by atoms with van der Waals surface area (Å²) in [6.07, 6.45) is 0.426. The Hall–Kier alpha value is -1.88.